The van der Waals surface area contributed by atoms with Crippen molar-refractivity contribution >= 4 is 16.9 Å². The number of benzene rings is 1. The first-order valence-electron chi connectivity index (χ1n) is 7.53. The fourth-order valence-electron chi connectivity index (χ4n) is 2.96. The molecule has 0 amide bonds. The van der Waals surface area contributed by atoms with Crippen LogP contribution in [-0.2, 0) is 0 Å². The fourth-order valence-corrected chi connectivity index (χ4v) is 2.96. The van der Waals surface area contributed by atoms with Crippen LogP contribution in [0.1, 0.15) is 31.4 Å². The molecule has 1 unspecified atom stereocenters. The first-order chi connectivity index (χ1) is 10.7. The Balaban J connectivity index is 2.15. The number of fused-ring (bicyclic) bond motifs is 1. The monoisotopic (exact) mass is 291 g/mol. The Labute approximate surface area is 129 Å². The molecule has 5 heteroatoms. The minimum absolute atomic E-state index is 0.484. The Kier molecular flexibility index (Phi) is 3.89. The molecule has 1 aliphatic rings. The summed E-state index contributed by atoms with van der Waals surface area (Å²) >= 11 is 0. The standard InChI is InChI=1S/C17H17N5/c1-12-5-4-8-22(11-12)17-16(13(9-18)10-19)20-14-6-2-3-7-15(14)21-17/h2-3,6-7,12-13H,4-5,8,11H2,1H3. The van der Waals surface area contributed by atoms with Crippen molar-refractivity contribution in [2.75, 3.05) is 18.0 Å². The van der Waals surface area contributed by atoms with Crippen LogP contribution in [0.25, 0.3) is 11.0 Å². The third-order valence-electron chi connectivity index (χ3n) is 4.07. The first kappa shape index (κ1) is 14.3. The molecule has 1 fully saturated rings. The molecule has 0 aliphatic carbocycles. The second-order valence-corrected chi connectivity index (χ2v) is 5.81. The number of hydrogen-bond donors (Lipinski definition) is 0. The average Bonchev–Trinajstić information content (AvgIpc) is 2.55. The Morgan fingerprint density at radius 2 is 1.86 bits per heavy atom. The highest BCUT2D eigenvalue weighted by Gasteiger charge is 2.25. The molecule has 110 valence electrons. The molecule has 1 aliphatic heterocycles. The molecule has 22 heavy (non-hydrogen) atoms. The van der Waals surface area contributed by atoms with Gasteiger partial charge in [-0.25, -0.2) is 9.97 Å². The molecule has 0 spiro atoms. The maximum absolute atomic E-state index is 9.27. The predicted molar refractivity (Wildman–Crippen MR) is 84.1 cm³/mol. The Bertz CT molecular complexity index is 757. The van der Waals surface area contributed by atoms with Gasteiger partial charge in [0, 0.05) is 13.1 Å². The van der Waals surface area contributed by atoms with Gasteiger partial charge in [0.2, 0.25) is 0 Å². The smallest absolute Gasteiger partial charge is 0.178 e. The molecule has 2 aromatic rings. The number of rotatable bonds is 2. The molecular formula is C17H17N5. The van der Waals surface area contributed by atoms with Gasteiger partial charge >= 0.3 is 0 Å². The number of piperidine rings is 1. The minimum Gasteiger partial charge on any atom is -0.355 e. The summed E-state index contributed by atoms with van der Waals surface area (Å²) in [5.74, 6) is 0.389. The quantitative estimate of drug-likeness (QED) is 0.850. The molecule has 1 aromatic carbocycles. The Hall–Kier alpha value is -2.66. The summed E-state index contributed by atoms with van der Waals surface area (Å²) in [7, 11) is 0. The van der Waals surface area contributed by atoms with Gasteiger partial charge in [-0.3, -0.25) is 0 Å². The van der Waals surface area contributed by atoms with E-state index in [2.05, 4.69) is 16.8 Å². The van der Waals surface area contributed by atoms with E-state index in [9.17, 15) is 10.5 Å². The summed E-state index contributed by atoms with van der Waals surface area (Å²) in [5, 5.41) is 18.5. The molecule has 5 nitrogen and oxygen atoms in total. The second kappa shape index (κ2) is 5.99. The van der Waals surface area contributed by atoms with Crippen molar-refractivity contribution in [3.05, 3.63) is 30.0 Å². The maximum Gasteiger partial charge on any atom is 0.178 e. The molecule has 3 rings (SSSR count). The largest absolute Gasteiger partial charge is 0.355 e. The third kappa shape index (κ3) is 2.58. The minimum atomic E-state index is -0.885. The van der Waals surface area contributed by atoms with Crippen molar-refractivity contribution in [2.24, 2.45) is 5.92 Å². The molecule has 1 saturated heterocycles. The number of anilines is 1. The molecule has 2 heterocycles. The van der Waals surface area contributed by atoms with E-state index in [1.54, 1.807) is 0 Å². The lowest BCUT2D eigenvalue weighted by molar-refractivity contribution is 0.443. The van der Waals surface area contributed by atoms with E-state index in [0.717, 1.165) is 30.5 Å². The third-order valence-corrected chi connectivity index (χ3v) is 4.07. The van der Waals surface area contributed by atoms with Crippen molar-refractivity contribution in [3.8, 4) is 12.1 Å². The zero-order valence-electron chi connectivity index (χ0n) is 12.5. The summed E-state index contributed by atoms with van der Waals surface area (Å²) in [6.45, 7) is 4.00. The van der Waals surface area contributed by atoms with Crippen molar-refractivity contribution in [1.29, 1.82) is 10.5 Å². The summed E-state index contributed by atoms with van der Waals surface area (Å²) in [6, 6.07) is 11.6. The highest BCUT2D eigenvalue weighted by molar-refractivity contribution is 5.77. The van der Waals surface area contributed by atoms with Crippen molar-refractivity contribution in [1.82, 2.24) is 9.97 Å². The average molecular weight is 291 g/mol. The number of hydrogen-bond acceptors (Lipinski definition) is 5. The SMILES string of the molecule is CC1CCCN(c2nc3ccccc3nc2C(C#N)C#N)C1. The van der Waals surface area contributed by atoms with Gasteiger partial charge in [0.15, 0.2) is 11.7 Å². The van der Waals surface area contributed by atoms with Gasteiger partial charge in [-0.15, -0.1) is 0 Å². The Morgan fingerprint density at radius 1 is 1.18 bits per heavy atom. The van der Waals surface area contributed by atoms with E-state index in [0.29, 0.717) is 17.4 Å². The van der Waals surface area contributed by atoms with Crippen LogP contribution in [0.5, 0.6) is 0 Å². The van der Waals surface area contributed by atoms with E-state index in [1.807, 2.05) is 36.4 Å². The van der Waals surface area contributed by atoms with Gasteiger partial charge in [-0.1, -0.05) is 19.1 Å². The van der Waals surface area contributed by atoms with Crippen molar-refractivity contribution in [2.45, 2.75) is 25.7 Å². The van der Waals surface area contributed by atoms with Crippen molar-refractivity contribution in [3.63, 3.8) is 0 Å². The van der Waals surface area contributed by atoms with Gasteiger partial charge in [0.1, 0.15) is 5.69 Å². The number of aromatic nitrogens is 2. The van der Waals surface area contributed by atoms with E-state index >= 15 is 0 Å². The lowest BCUT2D eigenvalue weighted by Gasteiger charge is -2.33. The summed E-state index contributed by atoms with van der Waals surface area (Å²) in [5.41, 5.74) is 2.01. The zero-order valence-corrected chi connectivity index (χ0v) is 12.5. The van der Waals surface area contributed by atoms with Gasteiger partial charge in [0.05, 0.1) is 23.2 Å². The zero-order chi connectivity index (χ0) is 15.5. The lowest BCUT2D eigenvalue weighted by atomic mass is 9.99. The summed E-state index contributed by atoms with van der Waals surface area (Å²) in [6.07, 6.45) is 2.30. The Morgan fingerprint density at radius 3 is 2.50 bits per heavy atom. The van der Waals surface area contributed by atoms with Crippen LogP contribution >= 0.6 is 0 Å². The van der Waals surface area contributed by atoms with Crippen LogP contribution in [0.3, 0.4) is 0 Å². The highest BCUT2D eigenvalue weighted by Crippen LogP contribution is 2.29. The van der Waals surface area contributed by atoms with Gasteiger partial charge < -0.3 is 4.90 Å². The van der Waals surface area contributed by atoms with Crippen LogP contribution in [0.4, 0.5) is 5.82 Å². The van der Waals surface area contributed by atoms with Crippen LogP contribution in [0, 0.1) is 28.6 Å². The van der Waals surface area contributed by atoms with E-state index < -0.39 is 5.92 Å². The van der Waals surface area contributed by atoms with Crippen LogP contribution in [-0.4, -0.2) is 23.1 Å². The van der Waals surface area contributed by atoms with E-state index in [-0.39, 0.29) is 0 Å². The molecule has 0 N–H and O–H groups in total. The summed E-state index contributed by atoms with van der Waals surface area (Å²) < 4.78 is 0. The van der Waals surface area contributed by atoms with Gasteiger partial charge in [0.25, 0.3) is 0 Å². The molecule has 0 bridgehead atoms. The number of para-hydroxylation sites is 2. The number of nitriles is 2. The van der Waals surface area contributed by atoms with Crippen LogP contribution in [0.2, 0.25) is 0 Å². The fraction of sp³-hybridized carbons (Fsp3) is 0.412. The predicted octanol–water partition coefficient (Wildman–Crippen LogP) is 3.00. The lowest BCUT2D eigenvalue weighted by Crippen LogP contribution is -2.36. The molecule has 0 saturated carbocycles. The molecular weight excluding hydrogens is 274 g/mol. The van der Waals surface area contributed by atoms with Crippen LogP contribution < -0.4 is 4.90 Å². The van der Waals surface area contributed by atoms with E-state index in [4.69, 9.17) is 4.98 Å². The summed E-state index contributed by atoms with van der Waals surface area (Å²) in [4.78, 5) is 11.5. The second-order valence-electron chi connectivity index (χ2n) is 5.81. The molecule has 0 radical (unpaired) electrons. The topological polar surface area (TPSA) is 76.6 Å². The number of nitrogens with zero attached hydrogens (tertiary/aromatic N) is 5. The first-order valence-corrected chi connectivity index (χ1v) is 7.53. The van der Waals surface area contributed by atoms with Gasteiger partial charge in [-0.2, -0.15) is 10.5 Å². The molecule has 1 aromatic heterocycles. The van der Waals surface area contributed by atoms with Crippen molar-refractivity contribution < 1.29 is 0 Å². The molecule has 1 atom stereocenters. The normalized spacial score (nSPS) is 18.2. The van der Waals surface area contributed by atoms with Crippen LogP contribution in [0.15, 0.2) is 24.3 Å². The maximum atomic E-state index is 9.27. The highest BCUT2D eigenvalue weighted by atomic mass is 15.2. The van der Waals surface area contributed by atoms with E-state index in [1.165, 1.54) is 6.42 Å². The van der Waals surface area contributed by atoms with Gasteiger partial charge in [-0.05, 0) is 30.9 Å².